The number of rotatable bonds is 2. The molecule has 0 spiro atoms. The number of hydrogen-bond donors (Lipinski definition) is 1. The molecule has 3 nitrogen and oxygen atoms in total. The number of fused-ring (bicyclic) bond motifs is 1. The van der Waals surface area contributed by atoms with E-state index in [-0.39, 0.29) is 5.56 Å². The molecule has 0 fully saturated rings. The lowest BCUT2D eigenvalue weighted by Crippen LogP contribution is -2.03. The van der Waals surface area contributed by atoms with Crippen LogP contribution < -0.4 is 0 Å². The second kappa shape index (κ2) is 4.74. The Hall–Kier alpha value is -2.33. The minimum absolute atomic E-state index is 0.214. The van der Waals surface area contributed by atoms with Crippen molar-refractivity contribution < 1.29 is 9.50 Å². The van der Waals surface area contributed by atoms with Crippen molar-refractivity contribution in [2.45, 2.75) is 6.10 Å². The summed E-state index contributed by atoms with van der Waals surface area (Å²) in [6.07, 6.45) is 4.89. The predicted octanol–water partition coefficient (Wildman–Crippen LogP) is 2.85. The van der Waals surface area contributed by atoms with Gasteiger partial charge in [-0.1, -0.05) is 18.2 Å². The fraction of sp³-hybridized carbons (Fsp3) is 0.0667. The van der Waals surface area contributed by atoms with E-state index in [0.717, 1.165) is 17.0 Å². The fourth-order valence-corrected chi connectivity index (χ4v) is 2.15. The lowest BCUT2D eigenvalue weighted by Gasteiger charge is -2.14. The van der Waals surface area contributed by atoms with Gasteiger partial charge in [0.05, 0.1) is 6.20 Å². The monoisotopic (exact) mass is 254 g/mol. The molecule has 0 bridgehead atoms. The van der Waals surface area contributed by atoms with Crippen LogP contribution in [0.5, 0.6) is 0 Å². The molecule has 19 heavy (non-hydrogen) atoms. The molecule has 0 radical (unpaired) electrons. The van der Waals surface area contributed by atoms with Crippen molar-refractivity contribution in [3.63, 3.8) is 0 Å². The molecular formula is C15H11FN2O. The van der Waals surface area contributed by atoms with Crippen molar-refractivity contribution >= 4 is 10.8 Å². The molecule has 2 aromatic heterocycles. The van der Waals surface area contributed by atoms with E-state index in [0.29, 0.717) is 5.56 Å². The van der Waals surface area contributed by atoms with Crippen molar-refractivity contribution in [2.75, 3.05) is 0 Å². The largest absolute Gasteiger partial charge is 0.384 e. The smallest absolute Gasteiger partial charge is 0.147 e. The van der Waals surface area contributed by atoms with Crippen LogP contribution in [0.4, 0.5) is 4.39 Å². The molecule has 0 saturated heterocycles. The topological polar surface area (TPSA) is 46.0 Å². The van der Waals surface area contributed by atoms with E-state index in [1.807, 2.05) is 18.2 Å². The summed E-state index contributed by atoms with van der Waals surface area (Å²) in [5.74, 6) is -0.518. The second-order valence-electron chi connectivity index (χ2n) is 4.24. The molecule has 0 aliphatic heterocycles. The number of aliphatic hydroxyl groups excluding tert-OH is 1. The molecule has 94 valence electrons. The third-order valence-electron chi connectivity index (χ3n) is 3.11. The maximum atomic E-state index is 13.7. The first-order valence-corrected chi connectivity index (χ1v) is 5.87. The van der Waals surface area contributed by atoms with Crippen LogP contribution in [0.1, 0.15) is 17.2 Å². The van der Waals surface area contributed by atoms with E-state index in [4.69, 9.17) is 0 Å². The maximum Gasteiger partial charge on any atom is 0.147 e. The van der Waals surface area contributed by atoms with E-state index < -0.39 is 11.9 Å². The van der Waals surface area contributed by atoms with Crippen LogP contribution in [0.25, 0.3) is 10.8 Å². The number of aromatic nitrogens is 2. The van der Waals surface area contributed by atoms with Crippen molar-refractivity contribution in [3.8, 4) is 0 Å². The van der Waals surface area contributed by atoms with E-state index >= 15 is 0 Å². The van der Waals surface area contributed by atoms with Crippen molar-refractivity contribution in [3.05, 3.63) is 72.1 Å². The molecule has 0 aliphatic carbocycles. The summed E-state index contributed by atoms with van der Waals surface area (Å²) in [4.78, 5) is 7.74. The number of benzene rings is 1. The summed E-state index contributed by atoms with van der Waals surface area (Å²) in [7, 11) is 0. The maximum absolute atomic E-state index is 13.7. The standard InChI is InChI=1S/C15H11FN2O/c16-14-9-18-7-5-12(14)15(19)11-3-1-2-10-4-6-17-8-13(10)11/h1-9,15,19H. The molecule has 2 heterocycles. The molecule has 3 aromatic rings. The highest BCUT2D eigenvalue weighted by Crippen LogP contribution is 2.29. The first-order valence-electron chi connectivity index (χ1n) is 5.87. The second-order valence-corrected chi connectivity index (χ2v) is 4.24. The molecule has 0 amide bonds. The molecule has 1 atom stereocenters. The van der Waals surface area contributed by atoms with Gasteiger partial charge in [-0.3, -0.25) is 9.97 Å². The average molecular weight is 254 g/mol. The normalized spacial score (nSPS) is 12.5. The number of halogens is 1. The van der Waals surface area contributed by atoms with Gasteiger partial charge in [0.15, 0.2) is 0 Å². The molecule has 1 unspecified atom stereocenters. The Kier molecular flexibility index (Phi) is 2.93. The number of aliphatic hydroxyl groups is 1. The third-order valence-corrected chi connectivity index (χ3v) is 3.11. The van der Waals surface area contributed by atoms with Gasteiger partial charge in [-0.2, -0.15) is 0 Å². The highest BCUT2D eigenvalue weighted by atomic mass is 19.1. The Morgan fingerprint density at radius 2 is 1.74 bits per heavy atom. The van der Waals surface area contributed by atoms with Gasteiger partial charge in [0.25, 0.3) is 0 Å². The Morgan fingerprint density at radius 1 is 0.947 bits per heavy atom. The SMILES string of the molecule is OC(c1ccncc1F)c1cccc2ccncc12. The summed E-state index contributed by atoms with van der Waals surface area (Å²) < 4.78 is 13.7. The van der Waals surface area contributed by atoms with Crippen LogP contribution in [0.2, 0.25) is 0 Å². The van der Waals surface area contributed by atoms with Crippen molar-refractivity contribution in [1.82, 2.24) is 9.97 Å². The Balaban J connectivity index is 2.17. The van der Waals surface area contributed by atoms with Crippen LogP contribution in [0, 0.1) is 5.82 Å². The summed E-state index contributed by atoms with van der Waals surface area (Å²) in [6.45, 7) is 0. The van der Waals surface area contributed by atoms with Gasteiger partial charge in [0.1, 0.15) is 11.9 Å². The van der Waals surface area contributed by atoms with E-state index in [1.54, 1.807) is 18.5 Å². The molecule has 1 N–H and O–H groups in total. The molecule has 4 heteroatoms. The van der Waals surface area contributed by atoms with E-state index in [2.05, 4.69) is 9.97 Å². The van der Waals surface area contributed by atoms with Gasteiger partial charge in [-0.15, -0.1) is 0 Å². The minimum Gasteiger partial charge on any atom is -0.384 e. The van der Waals surface area contributed by atoms with Gasteiger partial charge < -0.3 is 5.11 Å². The van der Waals surface area contributed by atoms with E-state index in [9.17, 15) is 9.50 Å². The summed E-state index contributed by atoms with van der Waals surface area (Å²) in [6, 6.07) is 8.87. The number of pyridine rings is 2. The Morgan fingerprint density at radius 3 is 2.58 bits per heavy atom. The minimum atomic E-state index is -1.03. The Labute approximate surface area is 109 Å². The first-order chi connectivity index (χ1) is 9.27. The third kappa shape index (κ3) is 2.06. The lowest BCUT2D eigenvalue weighted by atomic mass is 9.97. The van der Waals surface area contributed by atoms with Crippen LogP contribution in [0.3, 0.4) is 0 Å². The van der Waals surface area contributed by atoms with Crippen LogP contribution in [-0.2, 0) is 0 Å². The van der Waals surface area contributed by atoms with Gasteiger partial charge >= 0.3 is 0 Å². The summed E-state index contributed by atoms with van der Waals surface area (Å²) in [5, 5.41) is 12.1. The summed E-state index contributed by atoms with van der Waals surface area (Å²) in [5.41, 5.74) is 0.849. The summed E-state index contributed by atoms with van der Waals surface area (Å²) >= 11 is 0. The number of hydrogen-bond acceptors (Lipinski definition) is 3. The zero-order chi connectivity index (χ0) is 13.2. The number of nitrogens with zero attached hydrogens (tertiary/aromatic N) is 2. The molecular weight excluding hydrogens is 243 g/mol. The van der Waals surface area contributed by atoms with Crippen LogP contribution >= 0.6 is 0 Å². The van der Waals surface area contributed by atoms with Crippen LogP contribution in [-0.4, -0.2) is 15.1 Å². The van der Waals surface area contributed by atoms with Gasteiger partial charge in [0, 0.05) is 29.5 Å². The molecule has 1 aromatic carbocycles. The van der Waals surface area contributed by atoms with Crippen molar-refractivity contribution in [2.24, 2.45) is 0 Å². The zero-order valence-corrected chi connectivity index (χ0v) is 9.99. The highest BCUT2D eigenvalue weighted by molar-refractivity contribution is 5.85. The van der Waals surface area contributed by atoms with Gasteiger partial charge in [-0.05, 0) is 23.1 Å². The van der Waals surface area contributed by atoms with Crippen molar-refractivity contribution in [1.29, 1.82) is 0 Å². The average Bonchev–Trinajstić information content (AvgIpc) is 2.46. The highest BCUT2D eigenvalue weighted by Gasteiger charge is 2.17. The fourth-order valence-electron chi connectivity index (χ4n) is 2.15. The van der Waals surface area contributed by atoms with Gasteiger partial charge in [0.2, 0.25) is 0 Å². The zero-order valence-electron chi connectivity index (χ0n) is 9.99. The molecule has 0 saturated carbocycles. The van der Waals surface area contributed by atoms with Gasteiger partial charge in [-0.25, -0.2) is 4.39 Å². The quantitative estimate of drug-likeness (QED) is 0.764. The lowest BCUT2D eigenvalue weighted by molar-refractivity contribution is 0.216. The molecule has 3 rings (SSSR count). The van der Waals surface area contributed by atoms with E-state index in [1.165, 1.54) is 12.3 Å². The van der Waals surface area contributed by atoms with Crippen LogP contribution in [0.15, 0.2) is 55.1 Å². The Bertz CT molecular complexity index is 725. The molecule has 0 aliphatic rings. The first kappa shape index (κ1) is 11.7. The predicted molar refractivity (Wildman–Crippen MR) is 70.0 cm³/mol.